The van der Waals surface area contributed by atoms with Gasteiger partial charge in [-0.3, -0.25) is 4.79 Å². The minimum absolute atomic E-state index is 0.307. The van der Waals surface area contributed by atoms with E-state index >= 15 is 0 Å². The van der Waals surface area contributed by atoms with Gasteiger partial charge in [0.15, 0.2) is 17.8 Å². The van der Waals surface area contributed by atoms with Crippen molar-refractivity contribution in [3.05, 3.63) is 52.5 Å². The van der Waals surface area contributed by atoms with Crippen LogP contribution in [0, 0.1) is 11.3 Å². The summed E-state index contributed by atoms with van der Waals surface area (Å²) in [5.74, 6) is 0.962. The summed E-state index contributed by atoms with van der Waals surface area (Å²) in [6.45, 7) is 0. The zero-order chi connectivity index (χ0) is 14.5. The maximum absolute atomic E-state index is 11.0. The molecular weight excluding hydrogens is 278 g/mol. The molecule has 0 N–H and O–H groups in total. The number of nitrogens with zero attached hydrogens (tertiary/aromatic N) is 1. The van der Waals surface area contributed by atoms with Gasteiger partial charge < -0.3 is 9.47 Å². The van der Waals surface area contributed by atoms with Crippen LogP contribution in [0.2, 0.25) is 5.02 Å². The maximum Gasteiger partial charge on any atom is 0.171 e. The first-order chi connectivity index (χ1) is 9.69. The lowest BCUT2D eigenvalue weighted by molar-refractivity contribution is 0.112. The van der Waals surface area contributed by atoms with Crippen molar-refractivity contribution in [2.24, 2.45) is 0 Å². The first-order valence-electron chi connectivity index (χ1n) is 5.69. The fraction of sp³-hybridized carbons (Fsp3) is 0.0667. The number of halogens is 1. The smallest absolute Gasteiger partial charge is 0.171 e. The Morgan fingerprint density at radius 2 is 2.05 bits per heavy atom. The van der Waals surface area contributed by atoms with Gasteiger partial charge in [-0.15, -0.1) is 0 Å². The van der Waals surface area contributed by atoms with E-state index < -0.39 is 0 Å². The molecular formula is C15H10ClNO3. The molecule has 0 heterocycles. The fourth-order valence-electron chi connectivity index (χ4n) is 1.72. The van der Waals surface area contributed by atoms with Crippen LogP contribution in [0.25, 0.3) is 0 Å². The van der Waals surface area contributed by atoms with Gasteiger partial charge in [-0.1, -0.05) is 17.7 Å². The van der Waals surface area contributed by atoms with Crippen molar-refractivity contribution in [1.29, 1.82) is 5.26 Å². The van der Waals surface area contributed by atoms with Gasteiger partial charge in [-0.2, -0.15) is 5.26 Å². The lowest BCUT2D eigenvalue weighted by Gasteiger charge is -2.12. The predicted molar refractivity (Wildman–Crippen MR) is 74.6 cm³/mol. The molecule has 0 fully saturated rings. The third-order valence-corrected chi connectivity index (χ3v) is 2.86. The van der Waals surface area contributed by atoms with Gasteiger partial charge in [0.05, 0.1) is 18.2 Å². The second kappa shape index (κ2) is 6.09. The predicted octanol–water partition coefficient (Wildman–Crippen LogP) is 3.83. The Morgan fingerprint density at radius 3 is 2.70 bits per heavy atom. The van der Waals surface area contributed by atoms with Crippen molar-refractivity contribution in [2.75, 3.05) is 7.11 Å². The van der Waals surface area contributed by atoms with E-state index in [1.54, 1.807) is 30.3 Å². The van der Waals surface area contributed by atoms with Crippen molar-refractivity contribution in [2.45, 2.75) is 0 Å². The van der Waals surface area contributed by atoms with Gasteiger partial charge in [0, 0.05) is 11.1 Å². The van der Waals surface area contributed by atoms with E-state index in [1.807, 2.05) is 6.07 Å². The molecule has 2 rings (SSSR count). The van der Waals surface area contributed by atoms with Crippen LogP contribution in [-0.2, 0) is 0 Å². The molecule has 0 aliphatic heterocycles. The number of hydrogen-bond donors (Lipinski definition) is 0. The Hall–Kier alpha value is -2.51. The highest BCUT2D eigenvalue weighted by atomic mass is 35.5. The summed E-state index contributed by atoms with van der Waals surface area (Å²) in [4.78, 5) is 11.0. The number of carbonyl (C=O) groups excluding carboxylic acids is 1. The zero-order valence-electron chi connectivity index (χ0n) is 10.6. The fourth-order valence-corrected chi connectivity index (χ4v) is 1.88. The number of rotatable bonds is 4. The topological polar surface area (TPSA) is 59.3 Å². The van der Waals surface area contributed by atoms with Crippen molar-refractivity contribution in [1.82, 2.24) is 0 Å². The van der Waals surface area contributed by atoms with Crippen LogP contribution in [-0.4, -0.2) is 13.4 Å². The summed E-state index contributed by atoms with van der Waals surface area (Å²) < 4.78 is 10.8. The lowest BCUT2D eigenvalue weighted by atomic mass is 10.2. The van der Waals surface area contributed by atoms with E-state index in [0.29, 0.717) is 39.7 Å². The van der Waals surface area contributed by atoms with E-state index in [0.717, 1.165) is 0 Å². The highest BCUT2D eigenvalue weighted by Gasteiger charge is 2.13. The Kier molecular flexibility index (Phi) is 4.24. The number of methoxy groups -OCH3 is 1. The van der Waals surface area contributed by atoms with Crippen LogP contribution < -0.4 is 9.47 Å². The van der Waals surface area contributed by atoms with E-state index in [2.05, 4.69) is 0 Å². The number of ether oxygens (including phenoxy) is 2. The molecule has 0 saturated carbocycles. The zero-order valence-corrected chi connectivity index (χ0v) is 11.3. The average molecular weight is 288 g/mol. The summed E-state index contributed by atoms with van der Waals surface area (Å²) in [7, 11) is 1.44. The highest BCUT2D eigenvalue weighted by Crippen LogP contribution is 2.35. The van der Waals surface area contributed by atoms with Gasteiger partial charge in [0.25, 0.3) is 0 Å². The lowest BCUT2D eigenvalue weighted by Crippen LogP contribution is -1.96. The minimum atomic E-state index is 0.307. The van der Waals surface area contributed by atoms with E-state index in [-0.39, 0.29) is 0 Å². The number of para-hydroxylation sites is 1. The molecule has 0 aromatic heterocycles. The normalized spacial score (nSPS) is 9.65. The first kappa shape index (κ1) is 13.9. The second-order valence-corrected chi connectivity index (χ2v) is 4.29. The number of nitriles is 1. The molecule has 0 atom stereocenters. The summed E-state index contributed by atoms with van der Waals surface area (Å²) in [6, 6.07) is 11.6. The molecule has 0 saturated heterocycles. The number of aldehydes is 1. The molecule has 0 bridgehead atoms. The molecule has 0 amide bonds. The molecule has 20 heavy (non-hydrogen) atoms. The standard InChI is InChI=1S/C15H10ClNO3/c1-19-15-11(9-18)3-2-4-13(15)20-14-7-12(16)6-5-10(14)8-17/h2-7,9H,1H3. The van der Waals surface area contributed by atoms with Crippen LogP contribution in [0.4, 0.5) is 0 Å². The summed E-state index contributed by atoms with van der Waals surface area (Å²) >= 11 is 5.90. The SMILES string of the molecule is COc1c(C=O)cccc1Oc1cc(Cl)ccc1C#N. The number of carbonyl (C=O) groups is 1. The Bertz CT molecular complexity index is 692. The van der Waals surface area contributed by atoms with Crippen molar-refractivity contribution < 1.29 is 14.3 Å². The molecule has 5 heteroatoms. The van der Waals surface area contributed by atoms with Gasteiger partial charge >= 0.3 is 0 Å². The maximum atomic E-state index is 11.0. The van der Waals surface area contributed by atoms with Gasteiger partial charge in [0.2, 0.25) is 0 Å². The van der Waals surface area contributed by atoms with E-state index in [1.165, 1.54) is 13.2 Å². The Morgan fingerprint density at radius 1 is 1.25 bits per heavy atom. The van der Waals surface area contributed by atoms with Crippen LogP contribution >= 0.6 is 11.6 Å². The largest absolute Gasteiger partial charge is 0.492 e. The first-order valence-corrected chi connectivity index (χ1v) is 6.07. The molecule has 0 aliphatic rings. The third-order valence-electron chi connectivity index (χ3n) is 2.62. The van der Waals surface area contributed by atoms with Crippen LogP contribution in [0.5, 0.6) is 17.2 Å². The quantitative estimate of drug-likeness (QED) is 0.802. The number of benzene rings is 2. The van der Waals surface area contributed by atoms with Crippen molar-refractivity contribution >= 4 is 17.9 Å². The molecule has 0 unspecified atom stereocenters. The van der Waals surface area contributed by atoms with Gasteiger partial charge in [-0.25, -0.2) is 0 Å². The molecule has 100 valence electrons. The molecule has 2 aromatic rings. The van der Waals surface area contributed by atoms with E-state index in [9.17, 15) is 4.79 Å². The molecule has 0 aliphatic carbocycles. The highest BCUT2D eigenvalue weighted by molar-refractivity contribution is 6.30. The molecule has 2 aromatic carbocycles. The molecule has 0 spiro atoms. The van der Waals surface area contributed by atoms with Gasteiger partial charge in [-0.05, 0) is 24.3 Å². The Labute approximate surface area is 121 Å². The van der Waals surface area contributed by atoms with Crippen LogP contribution in [0.1, 0.15) is 15.9 Å². The van der Waals surface area contributed by atoms with Crippen LogP contribution in [0.3, 0.4) is 0 Å². The monoisotopic (exact) mass is 287 g/mol. The molecule has 0 radical (unpaired) electrons. The Balaban J connectivity index is 2.48. The van der Waals surface area contributed by atoms with Crippen molar-refractivity contribution in [3.8, 4) is 23.3 Å². The average Bonchev–Trinajstić information content (AvgIpc) is 2.47. The van der Waals surface area contributed by atoms with Crippen molar-refractivity contribution in [3.63, 3.8) is 0 Å². The second-order valence-electron chi connectivity index (χ2n) is 3.85. The van der Waals surface area contributed by atoms with E-state index in [4.69, 9.17) is 26.3 Å². The summed E-state index contributed by atoms with van der Waals surface area (Å²) in [5, 5.41) is 9.50. The van der Waals surface area contributed by atoms with Gasteiger partial charge in [0.1, 0.15) is 11.8 Å². The summed E-state index contributed by atoms with van der Waals surface area (Å²) in [6.07, 6.45) is 0.675. The van der Waals surface area contributed by atoms with Crippen LogP contribution in [0.15, 0.2) is 36.4 Å². The number of hydrogen-bond acceptors (Lipinski definition) is 4. The minimum Gasteiger partial charge on any atom is -0.492 e. The summed E-state index contributed by atoms with van der Waals surface area (Å²) in [5.41, 5.74) is 0.707. The third kappa shape index (κ3) is 2.73. The molecule has 4 nitrogen and oxygen atoms in total.